The van der Waals surface area contributed by atoms with Gasteiger partial charge in [0, 0.05) is 53.3 Å². The Labute approximate surface area is 466 Å². The first kappa shape index (κ1) is 58.5. The van der Waals surface area contributed by atoms with Gasteiger partial charge < -0.3 is 71.4 Å². The molecule has 4 aromatic carbocycles. The molecule has 1 fully saturated rings. The molecule has 3 amide bonds. The molecule has 3 aliphatic heterocycles. The minimum Gasteiger partial charge on any atom is -1.00 e. The first-order chi connectivity index (χ1) is 37.2. The highest BCUT2D eigenvalue weighted by Crippen LogP contribution is 2.52. The van der Waals surface area contributed by atoms with Crippen molar-refractivity contribution in [3.63, 3.8) is 0 Å². The van der Waals surface area contributed by atoms with Gasteiger partial charge in [-0.2, -0.15) is 0 Å². The van der Waals surface area contributed by atoms with Crippen LogP contribution in [-0.4, -0.2) is 122 Å². The van der Waals surface area contributed by atoms with E-state index in [0.717, 1.165) is 27.6 Å². The molecule has 1 unspecified atom stereocenters. The van der Waals surface area contributed by atoms with Gasteiger partial charge in [0.05, 0.1) is 46.4 Å². The third-order valence-electron chi connectivity index (χ3n) is 15.8. The van der Waals surface area contributed by atoms with Gasteiger partial charge in [-0.05, 0) is 59.9 Å². The maximum absolute atomic E-state index is 15.2. The van der Waals surface area contributed by atoms with Gasteiger partial charge in [-0.15, -0.1) is 0 Å². The Morgan fingerprint density at radius 2 is 1.50 bits per heavy atom. The number of likely N-dealkylation sites (tertiary alicyclic amines) is 1. The van der Waals surface area contributed by atoms with E-state index in [-0.39, 0.29) is 55.0 Å². The number of anilines is 1. The van der Waals surface area contributed by atoms with Gasteiger partial charge in [0.25, 0.3) is 5.91 Å². The van der Waals surface area contributed by atoms with Gasteiger partial charge in [0.1, 0.15) is 54.8 Å². The van der Waals surface area contributed by atoms with Crippen LogP contribution in [0.25, 0.3) is 10.9 Å². The number of methoxy groups -OCH3 is 3. The van der Waals surface area contributed by atoms with Gasteiger partial charge in [-0.25, -0.2) is 4.79 Å². The molecule has 416 valence electrons. The van der Waals surface area contributed by atoms with Crippen LogP contribution < -0.4 is 42.8 Å². The summed E-state index contributed by atoms with van der Waals surface area (Å²) in [6, 6.07) is 26.0. The number of amides is 3. The zero-order valence-corrected chi connectivity index (χ0v) is 47.0. The third-order valence-corrected chi connectivity index (χ3v) is 15.8. The van der Waals surface area contributed by atoms with Crippen LogP contribution in [0.2, 0.25) is 0 Å². The molecule has 3 aliphatic rings. The predicted octanol–water partition coefficient (Wildman–Crippen LogP) is 3.84. The molecule has 5 aromatic rings. The summed E-state index contributed by atoms with van der Waals surface area (Å²) in [7, 11) is 4.46. The summed E-state index contributed by atoms with van der Waals surface area (Å²) >= 11 is 0. The number of carbonyl (C=O) groups excluding carboxylic acids is 6. The molecule has 2 bridgehead atoms. The summed E-state index contributed by atoms with van der Waals surface area (Å²) in [6.07, 6.45) is 4.60. The predicted molar refractivity (Wildman–Crippen MR) is 290 cm³/mol. The Balaban J connectivity index is 0.00000882. The number of nitrogens with two attached hydrogens (primary N) is 1. The molecule has 0 radical (unpaired) electrons. The number of nitrogen functional groups attached to an aromatic ring is 1. The van der Waals surface area contributed by atoms with E-state index in [1.807, 2.05) is 74.5 Å². The molecule has 78 heavy (non-hydrogen) atoms. The van der Waals surface area contributed by atoms with E-state index in [1.165, 1.54) is 21.3 Å². The average Bonchev–Trinajstić information content (AvgIpc) is 4.24. The van der Waals surface area contributed by atoms with Crippen LogP contribution >= 0.6 is 0 Å². The number of fused-ring (bicyclic) bond motifs is 5. The Hall–Kier alpha value is -7.18. The number of benzene rings is 4. The molecule has 18 heteroatoms. The van der Waals surface area contributed by atoms with Crippen molar-refractivity contribution in [1.29, 1.82) is 0 Å². The highest BCUT2D eigenvalue weighted by atomic mass is 79.9. The van der Waals surface area contributed by atoms with E-state index in [1.54, 1.807) is 41.3 Å². The number of nitrogens with zero attached hydrogens (tertiary/aromatic N) is 2. The maximum atomic E-state index is 15.2. The van der Waals surface area contributed by atoms with Gasteiger partial charge in [-0.1, -0.05) is 112 Å². The van der Waals surface area contributed by atoms with Crippen molar-refractivity contribution in [3.8, 4) is 11.5 Å². The Kier molecular flexibility index (Phi) is 19.5. The van der Waals surface area contributed by atoms with Gasteiger partial charge >= 0.3 is 17.9 Å². The van der Waals surface area contributed by atoms with Crippen molar-refractivity contribution >= 4 is 52.2 Å². The molecule has 0 spiro atoms. The van der Waals surface area contributed by atoms with Crippen molar-refractivity contribution in [3.05, 3.63) is 137 Å². The number of rotatable bonds is 20. The van der Waals surface area contributed by atoms with Gasteiger partial charge in [0.2, 0.25) is 11.8 Å². The van der Waals surface area contributed by atoms with Crippen molar-refractivity contribution < 1.29 is 73.9 Å². The number of halogens is 1. The Morgan fingerprint density at radius 3 is 2.13 bits per heavy atom. The lowest BCUT2D eigenvalue weighted by molar-refractivity contribution is -0.921. The molecule has 5 N–H and O–H groups in total. The fourth-order valence-electron chi connectivity index (χ4n) is 11.8. The number of nitrogens with one attached hydrogen (secondary N) is 3. The minimum absolute atomic E-state index is 0. The zero-order chi connectivity index (χ0) is 54.9. The average molecular weight is 1130 g/mol. The minimum atomic E-state index is -1.49. The lowest BCUT2D eigenvalue weighted by atomic mass is 9.68. The van der Waals surface area contributed by atoms with Crippen LogP contribution in [0, 0.1) is 11.8 Å². The summed E-state index contributed by atoms with van der Waals surface area (Å²) in [5, 5.41) is 6.62. The molecular formula is C60H73BrN6O11. The number of aromatic amines is 1. The van der Waals surface area contributed by atoms with Crippen LogP contribution in [0.3, 0.4) is 0 Å². The lowest BCUT2D eigenvalue weighted by Crippen LogP contribution is -3.00. The normalized spacial score (nSPS) is 20.8. The van der Waals surface area contributed by atoms with Crippen LogP contribution in [-0.2, 0) is 68.0 Å². The molecule has 1 aromatic heterocycles. The van der Waals surface area contributed by atoms with E-state index < -0.39 is 65.6 Å². The van der Waals surface area contributed by atoms with Crippen LogP contribution in [0.15, 0.2) is 109 Å². The topological polar surface area (TPSA) is 218 Å². The summed E-state index contributed by atoms with van der Waals surface area (Å²) < 4.78 is 29.4. The first-order valence-electron chi connectivity index (χ1n) is 26.7. The fourth-order valence-corrected chi connectivity index (χ4v) is 11.8. The molecule has 4 heterocycles. The number of H-pyrrole nitrogens is 1. The number of ether oxygens (including phenoxy) is 5. The van der Waals surface area contributed by atoms with Gasteiger partial charge in [-0.3, -0.25) is 24.0 Å². The van der Waals surface area contributed by atoms with Crippen LogP contribution in [0.4, 0.5) is 5.69 Å². The number of carbonyl (C=O) groups is 6. The summed E-state index contributed by atoms with van der Waals surface area (Å²) in [5.41, 5.74) is 10.8. The quantitative estimate of drug-likeness (QED) is 0.0288. The smallest absolute Gasteiger partial charge is 0.329 e. The van der Waals surface area contributed by atoms with E-state index in [2.05, 4.69) is 28.6 Å². The molecule has 17 nitrogen and oxygen atoms in total. The number of hydrogen-bond acceptors (Lipinski definition) is 12. The standard InChI is InChI=1S/C60H72N6O11.BrH/c1-7-38(3)54(57(70)63-47(58(71)77-37-41-20-13-10-14-21-41)31-52(68)76-36-40-18-11-9-12-19-40)64-56(69)48-24-17-26-65(48)51(67)35-66-27-25-45-44-22-15-16-23-46(44)62-55(45)60(59(72)75-6,32-42(34-66)28-39(8-2)33-66)53-49(73-4)29-43(61)30-50(53)74-5;/h9-16,18-23,28-30,38,42,47-48,54,62H,7-8,17,24-27,31-37,61H2,1-6H3,(H-,63,64,69,70);1H/t38-,42-,47-,48-,54-,60-,66?;/m0./s1. The molecule has 8 rings (SSSR count). The Bertz CT molecular complexity index is 2960. The number of aromatic nitrogens is 1. The Morgan fingerprint density at radius 1 is 0.859 bits per heavy atom. The molecule has 0 saturated carbocycles. The zero-order valence-electron chi connectivity index (χ0n) is 45.4. The van der Waals surface area contributed by atoms with Crippen LogP contribution in [0.1, 0.15) is 87.2 Å². The van der Waals surface area contributed by atoms with E-state index >= 15 is 9.59 Å². The van der Waals surface area contributed by atoms with E-state index in [0.29, 0.717) is 96.8 Å². The van der Waals surface area contributed by atoms with Gasteiger partial charge in [0.15, 0.2) is 6.54 Å². The van der Waals surface area contributed by atoms with E-state index in [4.69, 9.17) is 29.4 Å². The van der Waals surface area contributed by atoms with Crippen LogP contribution in [0.5, 0.6) is 11.5 Å². The fraction of sp³-hybridized carbons (Fsp3) is 0.433. The highest BCUT2D eigenvalue weighted by Gasteiger charge is 2.54. The summed E-state index contributed by atoms with van der Waals surface area (Å²) in [5.74, 6) is -3.36. The summed E-state index contributed by atoms with van der Waals surface area (Å²) in [6.45, 7) is 7.73. The number of quaternary nitrogens is 1. The molecule has 7 atom stereocenters. The van der Waals surface area contributed by atoms with Crippen molar-refractivity contribution in [2.24, 2.45) is 11.8 Å². The molecule has 0 aliphatic carbocycles. The summed E-state index contributed by atoms with van der Waals surface area (Å²) in [4.78, 5) is 91.5. The van der Waals surface area contributed by atoms with E-state index in [9.17, 15) is 19.2 Å². The highest BCUT2D eigenvalue weighted by molar-refractivity contribution is 5.96. The van der Waals surface area contributed by atoms with Crippen molar-refractivity contribution in [2.75, 3.05) is 59.8 Å². The monoisotopic (exact) mass is 1130 g/mol. The number of hydrogen-bond donors (Lipinski definition) is 4. The second-order valence-corrected chi connectivity index (χ2v) is 20.8. The third kappa shape index (κ3) is 12.7. The molecule has 1 saturated heterocycles. The number of para-hydroxylation sites is 1. The first-order valence-corrected chi connectivity index (χ1v) is 26.7. The SMILES string of the molecule is CCC1=C[C@H]2C[C@](C(=O)OC)(c3c(OC)cc(N)cc3OC)c3[nH]c4ccccc4c3CC[N+](CC(=O)N3CCC[C@H]3C(=O)N[C@H](C(=O)N[C@@H](CC(=O)OCc3ccccc3)C(=O)OCc3ccccc3)[C@@H](C)CC)(C1)C2.[Br-]. The second-order valence-electron chi connectivity index (χ2n) is 20.8. The molecular weight excluding hydrogens is 1060 g/mol. The largest absolute Gasteiger partial charge is 1.00 e. The number of esters is 3. The lowest BCUT2D eigenvalue weighted by Gasteiger charge is -2.45. The van der Waals surface area contributed by atoms with Crippen molar-refractivity contribution in [1.82, 2.24) is 20.5 Å². The maximum Gasteiger partial charge on any atom is 0.329 e. The second kappa shape index (κ2) is 26.0. The van der Waals surface area contributed by atoms with Crippen molar-refractivity contribution in [2.45, 2.75) is 102 Å².